The maximum Gasteiger partial charge on any atom is 0.251 e. The summed E-state index contributed by atoms with van der Waals surface area (Å²) >= 11 is 0. The van der Waals surface area contributed by atoms with Gasteiger partial charge in [0.25, 0.3) is 5.91 Å². The van der Waals surface area contributed by atoms with E-state index in [1.807, 2.05) is 12.1 Å². The molecule has 1 saturated heterocycles. The first kappa shape index (κ1) is 21.6. The summed E-state index contributed by atoms with van der Waals surface area (Å²) in [5, 5.41) is 4.28. The molecule has 0 spiro atoms. The number of hydrogen-bond donors (Lipinski definition) is 1. The van der Waals surface area contributed by atoms with Crippen LogP contribution in [0.4, 0.5) is 0 Å². The fraction of sp³-hybridized carbons (Fsp3) is 0.423. The number of carbonyl (C=O) groups is 1. The third-order valence-electron chi connectivity index (χ3n) is 6.62. The molecule has 3 aromatic rings. The normalized spacial score (nSPS) is 15.5. The average molecular weight is 419 g/mol. The highest BCUT2D eigenvalue weighted by atomic mass is 16.1. The molecule has 1 aliphatic heterocycles. The van der Waals surface area contributed by atoms with Crippen molar-refractivity contribution in [2.45, 2.75) is 26.8 Å². The molecular weight excluding hydrogens is 384 g/mol. The zero-order chi connectivity index (χ0) is 21.8. The van der Waals surface area contributed by atoms with Crippen LogP contribution in [-0.2, 0) is 6.54 Å². The van der Waals surface area contributed by atoms with E-state index in [0.717, 1.165) is 57.8 Å². The molecule has 0 unspecified atom stereocenters. The van der Waals surface area contributed by atoms with Gasteiger partial charge in [-0.25, -0.2) is 0 Å². The SMILES string of the molecule is Cc1c(C)n(Cc2ccccc2)c2ccc(C(=O)NCCCN3CCN(C)CC3)cc12. The Bertz CT molecular complexity index is 1030. The highest BCUT2D eigenvalue weighted by Gasteiger charge is 2.15. The van der Waals surface area contributed by atoms with Crippen molar-refractivity contribution in [1.82, 2.24) is 19.7 Å². The van der Waals surface area contributed by atoms with E-state index in [9.17, 15) is 4.79 Å². The van der Waals surface area contributed by atoms with Gasteiger partial charge < -0.3 is 19.7 Å². The van der Waals surface area contributed by atoms with Gasteiger partial charge in [-0.2, -0.15) is 0 Å². The van der Waals surface area contributed by atoms with Crippen LogP contribution in [0.3, 0.4) is 0 Å². The average Bonchev–Trinajstić information content (AvgIpc) is 3.03. The van der Waals surface area contributed by atoms with Crippen molar-refractivity contribution >= 4 is 16.8 Å². The molecule has 1 aliphatic rings. The van der Waals surface area contributed by atoms with E-state index in [1.54, 1.807) is 0 Å². The predicted octanol–water partition coefficient (Wildman–Crippen LogP) is 3.67. The van der Waals surface area contributed by atoms with Crippen LogP contribution >= 0.6 is 0 Å². The molecule has 1 aromatic heterocycles. The minimum atomic E-state index is 0.0214. The van der Waals surface area contributed by atoms with Crippen molar-refractivity contribution in [2.24, 2.45) is 0 Å². The van der Waals surface area contributed by atoms with Crippen molar-refractivity contribution in [3.05, 3.63) is 70.9 Å². The van der Waals surface area contributed by atoms with Gasteiger partial charge in [0.05, 0.1) is 0 Å². The van der Waals surface area contributed by atoms with Crippen molar-refractivity contribution in [2.75, 3.05) is 46.3 Å². The van der Waals surface area contributed by atoms with Crippen LogP contribution in [0.1, 0.15) is 33.6 Å². The van der Waals surface area contributed by atoms with Gasteiger partial charge >= 0.3 is 0 Å². The zero-order valence-corrected chi connectivity index (χ0v) is 19.0. The fourth-order valence-electron chi connectivity index (χ4n) is 4.44. The summed E-state index contributed by atoms with van der Waals surface area (Å²) in [4.78, 5) is 17.6. The molecule has 0 radical (unpaired) electrons. The fourth-order valence-corrected chi connectivity index (χ4v) is 4.44. The first-order valence-corrected chi connectivity index (χ1v) is 11.4. The lowest BCUT2D eigenvalue weighted by Gasteiger charge is -2.32. The van der Waals surface area contributed by atoms with Crippen molar-refractivity contribution in [1.29, 1.82) is 0 Å². The quantitative estimate of drug-likeness (QED) is 0.595. The molecule has 4 rings (SSSR count). The van der Waals surface area contributed by atoms with Crippen molar-refractivity contribution in [3.8, 4) is 0 Å². The lowest BCUT2D eigenvalue weighted by Crippen LogP contribution is -2.45. The number of fused-ring (bicyclic) bond motifs is 1. The molecule has 2 aromatic carbocycles. The molecule has 0 aliphatic carbocycles. The van der Waals surface area contributed by atoms with Gasteiger partial charge in [-0.15, -0.1) is 0 Å². The molecule has 5 heteroatoms. The number of nitrogens with one attached hydrogen (secondary N) is 1. The number of nitrogens with zero attached hydrogens (tertiary/aromatic N) is 3. The Balaban J connectivity index is 1.39. The topological polar surface area (TPSA) is 40.5 Å². The molecule has 0 bridgehead atoms. The number of aromatic nitrogens is 1. The summed E-state index contributed by atoms with van der Waals surface area (Å²) in [7, 11) is 2.17. The van der Waals surface area contributed by atoms with Gasteiger partial charge in [0.15, 0.2) is 0 Å². The molecule has 0 atom stereocenters. The van der Waals surface area contributed by atoms with E-state index >= 15 is 0 Å². The second-order valence-corrected chi connectivity index (χ2v) is 8.77. The number of likely N-dealkylation sites (N-methyl/N-ethyl adjacent to an activating group) is 1. The molecule has 0 saturated carbocycles. The van der Waals surface area contributed by atoms with Crippen LogP contribution in [-0.4, -0.2) is 66.6 Å². The number of hydrogen-bond acceptors (Lipinski definition) is 3. The summed E-state index contributed by atoms with van der Waals surface area (Å²) in [6.45, 7) is 11.4. The molecular formula is C26H34N4O. The van der Waals surface area contributed by atoms with Gasteiger partial charge in [-0.1, -0.05) is 30.3 Å². The Labute approximate surface area is 185 Å². The van der Waals surface area contributed by atoms with E-state index in [0.29, 0.717) is 0 Å². The largest absolute Gasteiger partial charge is 0.352 e. The van der Waals surface area contributed by atoms with E-state index in [-0.39, 0.29) is 5.91 Å². The molecule has 2 heterocycles. The third-order valence-corrected chi connectivity index (χ3v) is 6.62. The van der Waals surface area contributed by atoms with Gasteiger partial charge in [0.2, 0.25) is 0 Å². The maximum atomic E-state index is 12.7. The summed E-state index contributed by atoms with van der Waals surface area (Å²) < 4.78 is 2.34. The molecule has 1 N–H and O–H groups in total. The Morgan fingerprint density at radius 3 is 2.48 bits per heavy atom. The van der Waals surface area contributed by atoms with Gasteiger partial charge in [-0.3, -0.25) is 4.79 Å². The minimum Gasteiger partial charge on any atom is -0.352 e. The Morgan fingerprint density at radius 1 is 1.00 bits per heavy atom. The molecule has 31 heavy (non-hydrogen) atoms. The highest BCUT2D eigenvalue weighted by Crippen LogP contribution is 2.27. The Morgan fingerprint density at radius 2 is 1.74 bits per heavy atom. The second kappa shape index (κ2) is 9.67. The molecule has 5 nitrogen and oxygen atoms in total. The first-order valence-electron chi connectivity index (χ1n) is 11.4. The molecule has 1 amide bonds. The van der Waals surface area contributed by atoms with Crippen molar-refractivity contribution < 1.29 is 4.79 Å². The van der Waals surface area contributed by atoms with E-state index < -0.39 is 0 Å². The highest BCUT2D eigenvalue weighted by molar-refractivity contribution is 5.99. The van der Waals surface area contributed by atoms with Crippen LogP contribution in [0.25, 0.3) is 10.9 Å². The number of piperazine rings is 1. The minimum absolute atomic E-state index is 0.0214. The maximum absolute atomic E-state index is 12.7. The smallest absolute Gasteiger partial charge is 0.251 e. The summed E-state index contributed by atoms with van der Waals surface area (Å²) in [6.07, 6.45) is 0.989. The predicted molar refractivity (Wildman–Crippen MR) is 128 cm³/mol. The lowest BCUT2D eigenvalue weighted by atomic mass is 10.1. The van der Waals surface area contributed by atoms with Gasteiger partial charge in [-0.05, 0) is 63.2 Å². The van der Waals surface area contributed by atoms with Crippen LogP contribution in [0.5, 0.6) is 0 Å². The number of carbonyl (C=O) groups excluding carboxylic acids is 1. The lowest BCUT2D eigenvalue weighted by molar-refractivity contribution is 0.0949. The van der Waals surface area contributed by atoms with Gasteiger partial charge in [0.1, 0.15) is 0 Å². The summed E-state index contributed by atoms with van der Waals surface area (Å²) in [5.74, 6) is 0.0214. The van der Waals surface area contributed by atoms with Crippen molar-refractivity contribution in [3.63, 3.8) is 0 Å². The standard InChI is InChI=1S/C26H34N4O/c1-20-21(2)30(19-22-8-5-4-6-9-22)25-11-10-23(18-24(20)25)26(31)27-12-7-13-29-16-14-28(3)15-17-29/h4-6,8-11,18H,7,12-17,19H2,1-3H3,(H,27,31). The Kier molecular flexibility index (Phi) is 6.73. The van der Waals surface area contributed by atoms with Gasteiger partial charge in [0, 0.05) is 61.4 Å². The number of amides is 1. The first-order chi connectivity index (χ1) is 15.0. The molecule has 164 valence electrons. The second-order valence-electron chi connectivity index (χ2n) is 8.77. The van der Waals surface area contributed by atoms with E-state index in [4.69, 9.17) is 0 Å². The Hall–Kier alpha value is -2.63. The number of aryl methyl sites for hydroxylation is 1. The zero-order valence-electron chi connectivity index (χ0n) is 19.0. The third kappa shape index (κ3) is 5.00. The van der Waals surface area contributed by atoms with Crippen LogP contribution < -0.4 is 5.32 Å². The molecule has 1 fully saturated rings. The van der Waals surface area contributed by atoms with Crippen LogP contribution in [0.2, 0.25) is 0 Å². The van der Waals surface area contributed by atoms with Crippen LogP contribution in [0, 0.1) is 13.8 Å². The number of benzene rings is 2. The monoisotopic (exact) mass is 418 g/mol. The van der Waals surface area contributed by atoms with E-state index in [2.05, 4.69) is 77.0 Å². The summed E-state index contributed by atoms with van der Waals surface area (Å²) in [5.41, 5.74) is 5.71. The van der Waals surface area contributed by atoms with E-state index in [1.165, 1.54) is 27.7 Å². The summed E-state index contributed by atoms with van der Waals surface area (Å²) in [6, 6.07) is 16.6. The van der Waals surface area contributed by atoms with Crippen LogP contribution in [0.15, 0.2) is 48.5 Å². The number of rotatable bonds is 7.